The number of halogens is 1. The van der Waals surface area contributed by atoms with E-state index in [2.05, 4.69) is 4.72 Å². The van der Waals surface area contributed by atoms with Crippen molar-refractivity contribution in [3.05, 3.63) is 28.8 Å². The number of nitrogens with one attached hydrogen (secondary N) is 1. The number of rotatable bonds is 4. The largest absolute Gasteiger partial charge is 0.329 e. The van der Waals surface area contributed by atoms with Gasteiger partial charge in [0, 0.05) is 12.6 Å². The summed E-state index contributed by atoms with van der Waals surface area (Å²) in [6.45, 7) is 1.85. The highest BCUT2D eigenvalue weighted by atomic mass is 35.5. The first-order chi connectivity index (χ1) is 7.90. The highest BCUT2D eigenvalue weighted by Crippen LogP contribution is 2.20. The number of hydrogen-bond acceptors (Lipinski definition) is 4. The Bertz CT molecular complexity index is 551. The summed E-state index contributed by atoms with van der Waals surface area (Å²) in [6.07, 6.45) is 0. The summed E-state index contributed by atoms with van der Waals surface area (Å²) in [4.78, 5) is 0.0156. The molecule has 5 nitrogen and oxygen atoms in total. The Morgan fingerprint density at radius 1 is 1.59 bits per heavy atom. The number of nitrogens with two attached hydrogens (primary N) is 1. The number of benzene rings is 1. The third-order valence-corrected chi connectivity index (χ3v) is 3.98. The molecule has 0 amide bonds. The Balaban J connectivity index is 3.09. The number of sulfonamides is 1. The van der Waals surface area contributed by atoms with E-state index in [1.807, 2.05) is 6.07 Å². The van der Waals surface area contributed by atoms with Gasteiger partial charge in [-0.15, -0.1) is 0 Å². The van der Waals surface area contributed by atoms with Gasteiger partial charge in [-0.25, -0.2) is 13.1 Å². The number of nitrogens with zero attached hydrogens (tertiary/aromatic N) is 1. The molecular formula is C10H12ClN3O2S. The van der Waals surface area contributed by atoms with E-state index in [9.17, 15) is 8.42 Å². The molecular weight excluding hydrogens is 262 g/mol. The molecule has 1 atom stereocenters. The summed E-state index contributed by atoms with van der Waals surface area (Å²) < 4.78 is 26.1. The number of nitriles is 1. The average Bonchev–Trinajstić information content (AvgIpc) is 2.28. The first-order valence-electron chi connectivity index (χ1n) is 4.82. The molecule has 0 aromatic heterocycles. The highest BCUT2D eigenvalue weighted by Gasteiger charge is 2.17. The lowest BCUT2D eigenvalue weighted by Gasteiger charge is -2.12. The van der Waals surface area contributed by atoms with Crippen LogP contribution in [0.2, 0.25) is 5.02 Å². The van der Waals surface area contributed by atoms with Crippen LogP contribution in [0.25, 0.3) is 0 Å². The number of hydrogen-bond donors (Lipinski definition) is 2. The lowest BCUT2D eigenvalue weighted by Crippen LogP contribution is -2.37. The van der Waals surface area contributed by atoms with Crippen molar-refractivity contribution in [3.63, 3.8) is 0 Å². The minimum atomic E-state index is -3.64. The normalized spacial score (nSPS) is 13.1. The summed E-state index contributed by atoms with van der Waals surface area (Å²) in [6, 6.07) is 5.43. The molecule has 0 aliphatic carbocycles. The first-order valence-corrected chi connectivity index (χ1v) is 6.69. The monoisotopic (exact) mass is 273 g/mol. The van der Waals surface area contributed by atoms with Gasteiger partial charge in [0.15, 0.2) is 0 Å². The van der Waals surface area contributed by atoms with E-state index in [1.54, 1.807) is 6.92 Å². The minimum Gasteiger partial charge on any atom is -0.329 e. The standard InChI is InChI=1S/C10H12ClN3O2S/c1-7(5-12)14-17(15,16)9-3-2-8(6-13)10(11)4-9/h2-4,7,14H,5,12H2,1H3. The predicted octanol–water partition coefficient (Wildman–Crippen LogP) is 0.837. The molecule has 3 N–H and O–H groups in total. The van der Waals surface area contributed by atoms with Crippen LogP contribution in [0.4, 0.5) is 0 Å². The summed E-state index contributed by atoms with van der Waals surface area (Å²) >= 11 is 5.77. The molecule has 7 heteroatoms. The van der Waals surface area contributed by atoms with Gasteiger partial charge < -0.3 is 5.73 Å². The fraction of sp³-hybridized carbons (Fsp3) is 0.300. The fourth-order valence-electron chi connectivity index (χ4n) is 1.13. The van der Waals surface area contributed by atoms with Gasteiger partial charge in [-0.05, 0) is 25.1 Å². The smallest absolute Gasteiger partial charge is 0.240 e. The van der Waals surface area contributed by atoms with Crippen LogP contribution in [-0.2, 0) is 10.0 Å². The Kier molecular flexibility index (Phi) is 4.48. The molecule has 0 saturated carbocycles. The molecule has 0 radical (unpaired) electrons. The van der Waals surface area contributed by atoms with Gasteiger partial charge in [0.1, 0.15) is 6.07 Å². The maximum atomic E-state index is 11.8. The quantitative estimate of drug-likeness (QED) is 0.849. The van der Waals surface area contributed by atoms with Gasteiger partial charge in [0.05, 0.1) is 15.5 Å². The molecule has 0 bridgehead atoms. The molecule has 0 aliphatic rings. The van der Waals surface area contributed by atoms with Crippen molar-refractivity contribution in [3.8, 4) is 6.07 Å². The van der Waals surface area contributed by atoms with Crippen molar-refractivity contribution in [2.24, 2.45) is 5.73 Å². The summed E-state index contributed by atoms with van der Waals surface area (Å²) in [5.41, 5.74) is 5.57. The minimum absolute atomic E-state index is 0.0156. The second-order valence-electron chi connectivity index (χ2n) is 3.51. The van der Waals surface area contributed by atoms with Crippen LogP contribution >= 0.6 is 11.6 Å². The van der Waals surface area contributed by atoms with Crippen molar-refractivity contribution in [1.82, 2.24) is 4.72 Å². The molecule has 0 spiro atoms. The van der Waals surface area contributed by atoms with Gasteiger partial charge >= 0.3 is 0 Å². The van der Waals surface area contributed by atoms with Crippen LogP contribution in [0, 0.1) is 11.3 Å². The summed E-state index contributed by atoms with van der Waals surface area (Å²) in [5, 5.41) is 8.79. The molecule has 0 fully saturated rings. The van der Waals surface area contributed by atoms with Crippen LogP contribution < -0.4 is 10.5 Å². The first kappa shape index (κ1) is 13.9. The molecule has 0 saturated heterocycles. The predicted molar refractivity (Wildman–Crippen MR) is 65.0 cm³/mol. The molecule has 1 aromatic rings. The van der Waals surface area contributed by atoms with E-state index in [-0.39, 0.29) is 28.1 Å². The van der Waals surface area contributed by atoms with E-state index >= 15 is 0 Å². The van der Waals surface area contributed by atoms with Crippen LogP contribution in [-0.4, -0.2) is 21.0 Å². The van der Waals surface area contributed by atoms with E-state index in [4.69, 9.17) is 22.6 Å². The summed E-state index contributed by atoms with van der Waals surface area (Å²) in [7, 11) is -3.64. The Morgan fingerprint density at radius 3 is 2.71 bits per heavy atom. The van der Waals surface area contributed by atoms with Crippen LogP contribution in [0.5, 0.6) is 0 Å². The zero-order valence-electron chi connectivity index (χ0n) is 9.14. The molecule has 0 heterocycles. The van der Waals surface area contributed by atoms with Crippen molar-refractivity contribution in [2.45, 2.75) is 17.9 Å². The molecule has 1 rings (SSSR count). The maximum absolute atomic E-state index is 11.8. The highest BCUT2D eigenvalue weighted by molar-refractivity contribution is 7.89. The van der Waals surface area contributed by atoms with Crippen molar-refractivity contribution in [1.29, 1.82) is 5.26 Å². The third kappa shape index (κ3) is 3.41. The van der Waals surface area contributed by atoms with Gasteiger partial charge in [-0.2, -0.15) is 5.26 Å². The molecule has 92 valence electrons. The van der Waals surface area contributed by atoms with Gasteiger partial charge in [0.2, 0.25) is 10.0 Å². The van der Waals surface area contributed by atoms with E-state index < -0.39 is 10.0 Å². The topological polar surface area (TPSA) is 96.0 Å². The van der Waals surface area contributed by atoms with Crippen LogP contribution in [0.3, 0.4) is 0 Å². The Morgan fingerprint density at radius 2 is 2.24 bits per heavy atom. The van der Waals surface area contributed by atoms with Gasteiger partial charge in [-0.1, -0.05) is 11.6 Å². The van der Waals surface area contributed by atoms with E-state index in [0.717, 1.165) is 0 Å². The van der Waals surface area contributed by atoms with Gasteiger partial charge in [0.25, 0.3) is 0 Å². The second kappa shape index (κ2) is 5.47. The van der Waals surface area contributed by atoms with E-state index in [0.29, 0.717) is 0 Å². The molecule has 17 heavy (non-hydrogen) atoms. The fourth-order valence-corrected chi connectivity index (χ4v) is 2.70. The summed E-state index contributed by atoms with van der Waals surface area (Å²) in [5.74, 6) is 0. The zero-order valence-corrected chi connectivity index (χ0v) is 10.7. The Hall–Kier alpha value is -1.13. The SMILES string of the molecule is CC(CN)NS(=O)(=O)c1ccc(C#N)c(Cl)c1. The second-order valence-corrected chi connectivity index (χ2v) is 5.63. The third-order valence-electron chi connectivity index (χ3n) is 2.08. The van der Waals surface area contributed by atoms with Crippen molar-refractivity contribution >= 4 is 21.6 Å². The lowest BCUT2D eigenvalue weighted by atomic mass is 10.2. The van der Waals surface area contributed by atoms with Gasteiger partial charge in [-0.3, -0.25) is 0 Å². The molecule has 1 aromatic carbocycles. The van der Waals surface area contributed by atoms with Crippen molar-refractivity contribution in [2.75, 3.05) is 6.54 Å². The molecule has 1 unspecified atom stereocenters. The maximum Gasteiger partial charge on any atom is 0.240 e. The Labute approximate surface area is 105 Å². The van der Waals surface area contributed by atoms with Crippen molar-refractivity contribution < 1.29 is 8.42 Å². The molecule has 0 aliphatic heterocycles. The zero-order chi connectivity index (χ0) is 13.1. The van der Waals surface area contributed by atoms with Crippen LogP contribution in [0.1, 0.15) is 12.5 Å². The average molecular weight is 274 g/mol. The lowest BCUT2D eigenvalue weighted by molar-refractivity contribution is 0.562. The van der Waals surface area contributed by atoms with Crippen LogP contribution in [0.15, 0.2) is 23.1 Å². The van der Waals surface area contributed by atoms with E-state index in [1.165, 1.54) is 18.2 Å².